The number of rotatable bonds is 4. The van der Waals surface area contributed by atoms with Crippen molar-refractivity contribution in [3.63, 3.8) is 0 Å². The number of halogens is 1. The number of aromatic nitrogens is 1. The van der Waals surface area contributed by atoms with E-state index in [1.807, 2.05) is 33.8 Å². The van der Waals surface area contributed by atoms with Crippen LogP contribution in [0.15, 0.2) is 28.9 Å². The quantitative estimate of drug-likeness (QED) is 0.805. The molecule has 2 aromatic rings. The van der Waals surface area contributed by atoms with Crippen molar-refractivity contribution < 1.29 is 5.11 Å². The largest absolute Gasteiger partial charge is 0.396 e. The molecule has 1 aromatic heterocycles. The second kappa shape index (κ2) is 5.47. The second-order valence-corrected chi connectivity index (χ2v) is 7.74. The van der Waals surface area contributed by atoms with Gasteiger partial charge >= 0.3 is 0 Å². The first-order valence-electron chi connectivity index (χ1n) is 6.98. The van der Waals surface area contributed by atoms with E-state index in [2.05, 4.69) is 43.7 Å². The zero-order valence-electron chi connectivity index (χ0n) is 12.9. The highest BCUT2D eigenvalue weighted by Gasteiger charge is 2.31. The predicted octanol–water partition coefficient (Wildman–Crippen LogP) is 4.58. The molecule has 0 aliphatic carbocycles. The van der Waals surface area contributed by atoms with Gasteiger partial charge < -0.3 is 14.5 Å². The Morgan fingerprint density at radius 3 is 2.52 bits per heavy atom. The number of aliphatic hydroxyl groups excluding tert-OH is 1. The third-order valence-corrected chi connectivity index (χ3v) is 4.30. The maximum atomic E-state index is 9.52. The normalized spacial score (nSPS) is 12.6. The number of fused-ring (bicyclic) bond motifs is 1. The van der Waals surface area contributed by atoms with Gasteiger partial charge in [0.2, 0.25) is 0 Å². The van der Waals surface area contributed by atoms with Crippen molar-refractivity contribution in [3.8, 4) is 0 Å². The van der Waals surface area contributed by atoms with Crippen LogP contribution in [0.1, 0.15) is 33.3 Å². The highest BCUT2D eigenvalue weighted by molar-refractivity contribution is 9.10. The van der Waals surface area contributed by atoms with E-state index in [0.29, 0.717) is 6.54 Å². The van der Waals surface area contributed by atoms with E-state index < -0.39 is 5.54 Å². The molecule has 2 rings (SSSR count). The summed E-state index contributed by atoms with van der Waals surface area (Å²) in [4.78, 5) is 3.77. The van der Waals surface area contributed by atoms with Crippen LogP contribution in [-0.4, -0.2) is 16.3 Å². The van der Waals surface area contributed by atoms with Gasteiger partial charge in [-0.1, -0.05) is 35.8 Å². The fourth-order valence-electron chi connectivity index (χ4n) is 2.45. The van der Waals surface area contributed by atoms with E-state index in [-0.39, 0.29) is 12.0 Å². The Kier molecular flexibility index (Phi) is 4.19. The molecular formula is C17H21BrN2O. The topological polar surface area (TPSA) is 29.5 Å². The molecule has 0 unspecified atom stereocenters. The average Bonchev–Trinajstić information content (AvgIpc) is 2.77. The van der Waals surface area contributed by atoms with Crippen molar-refractivity contribution in [2.45, 2.75) is 39.8 Å². The highest BCUT2D eigenvalue weighted by Crippen LogP contribution is 2.35. The monoisotopic (exact) mass is 348 g/mol. The molecule has 1 aromatic carbocycles. The lowest BCUT2D eigenvalue weighted by Gasteiger charge is -2.22. The highest BCUT2D eigenvalue weighted by atomic mass is 79.9. The fourth-order valence-corrected chi connectivity index (χ4v) is 2.80. The maximum absolute atomic E-state index is 9.52. The van der Waals surface area contributed by atoms with Crippen molar-refractivity contribution in [1.29, 1.82) is 0 Å². The first-order chi connectivity index (χ1) is 9.70. The molecule has 0 atom stereocenters. The Balaban J connectivity index is 2.67. The van der Waals surface area contributed by atoms with E-state index in [0.717, 1.165) is 20.9 Å². The summed E-state index contributed by atoms with van der Waals surface area (Å²) in [6, 6.07) is 6.14. The number of aliphatic hydroxyl groups is 1. The first-order valence-corrected chi connectivity index (χ1v) is 7.78. The molecule has 3 nitrogen and oxygen atoms in total. The Morgan fingerprint density at radius 2 is 1.95 bits per heavy atom. The van der Waals surface area contributed by atoms with Gasteiger partial charge in [-0.2, -0.15) is 0 Å². The predicted molar refractivity (Wildman–Crippen MR) is 90.1 cm³/mol. The van der Waals surface area contributed by atoms with Crippen molar-refractivity contribution >= 4 is 26.8 Å². The summed E-state index contributed by atoms with van der Waals surface area (Å²) in [7, 11) is 0. The van der Waals surface area contributed by atoms with Crippen molar-refractivity contribution in [2.75, 3.05) is 6.61 Å². The summed E-state index contributed by atoms with van der Waals surface area (Å²) >= 11 is 3.52. The lowest BCUT2D eigenvalue weighted by molar-refractivity contribution is 0.142. The molecule has 0 aliphatic rings. The molecule has 1 N–H and O–H groups in total. The van der Waals surface area contributed by atoms with Crippen LogP contribution in [0, 0.1) is 12.0 Å². The Hall–Kier alpha value is -1.31. The summed E-state index contributed by atoms with van der Waals surface area (Å²) in [5, 5.41) is 10.6. The van der Waals surface area contributed by atoms with E-state index >= 15 is 0 Å². The fraction of sp³-hybridized carbons (Fsp3) is 0.471. The van der Waals surface area contributed by atoms with Gasteiger partial charge in [-0.15, -0.1) is 0 Å². The zero-order valence-corrected chi connectivity index (χ0v) is 14.5. The molecule has 21 heavy (non-hydrogen) atoms. The van der Waals surface area contributed by atoms with Crippen molar-refractivity contribution in [3.05, 3.63) is 45.8 Å². The van der Waals surface area contributed by atoms with Crippen LogP contribution in [-0.2, 0) is 12.1 Å². The van der Waals surface area contributed by atoms with Gasteiger partial charge in [0.25, 0.3) is 5.54 Å². The van der Waals surface area contributed by atoms with Gasteiger partial charge in [0.1, 0.15) is 0 Å². The van der Waals surface area contributed by atoms with Crippen LogP contribution in [0.25, 0.3) is 15.7 Å². The Labute approximate surface area is 134 Å². The van der Waals surface area contributed by atoms with E-state index in [9.17, 15) is 5.11 Å². The van der Waals surface area contributed by atoms with Gasteiger partial charge in [0.05, 0.1) is 5.56 Å². The SMILES string of the molecule is [C-]#[N+]C(C)(C)c1cn(CC(C)(C)CO)c2cc(Br)ccc12. The van der Waals surface area contributed by atoms with Gasteiger partial charge in [-0.05, 0) is 12.1 Å². The molecule has 112 valence electrons. The molecule has 4 heteroatoms. The van der Waals surface area contributed by atoms with E-state index in [1.54, 1.807) is 0 Å². The first kappa shape index (κ1) is 16.1. The van der Waals surface area contributed by atoms with Crippen LogP contribution >= 0.6 is 15.9 Å². The van der Waals surface area contributed by atoms with E-state index in [4.69, 9.17) is 6.57 Å². The standard InChI is InChI=1S/C17H21BrN2O/c1-16(2,11-21)10-20-9-14(17(3,4)19-5)13-7-6-12(18)8-15(13)20/h6-9,21H,10-11H2,1-4H3. The summed E-state index contributed by atoms with van der Waals surface area (Å²) in [5.41, 5.74) is 1.38. The van der Waals surface area contributed by atoms with Crippen LogP contribution in [0.2, 0.25) is 0 Å². The molecule has 0 fully saturated rings. The van der Waals surface area contributed by atoms with Crippen LogP contribution in [0.3, 0.4) is 0 Å². The summed E-state index contributed by atoms with van der Waals surface area (Å²) in [6.07, 6.45) is 2.06. The van der Waals surface area contributed by atoms with Crippen LogP contribution < -0.4 is 0 Å². The Bertz CT molecular complexity index is 707. The minimum absolute atomic E-state index is 0.127. The summed E-state index contributed by atoms with van der Waals surface area (Å²) in [5.74, 6) is 0. The number of nitrogens with zero attached hydrogens (tertiary/aromatic N) is 2. The molecule has 0 saturated carbocycles. The van der Waals surface area contributed by atoms with Gasteiger partial charge in [-0.3, -0.25) is 0 Å². The third-order valence-electron chi connectivity index (χ3n) is 3.81. The Morgan fingerprint density at radius 1 is 1.29 bits per heavy atom. The maximum Gasteiger partial charge on any atom is 0.254 e. The smallest absolute Gasteiger partial charge is 0.254 e. The van der Waals surface area contributed by atoms with Gasteiger partial charge in [-0.25, -0.2) is 6.57 Å². The number of hydrogen-bond donors (Lipinski definition) is 1. The van der Waals surface area contributed by atoms with E-state index in [1.165, 1.54) is 0 Å². The molecule has 0 bridgehead atoms. The van der Waals surface area contributed by atoms with Gasteiger partial charge in [0, 0.05) is 54.0 Å². The second-order valence-electron chi connectivity index (χ2n) is 6.83. The average molecular weight is 349 g/mol. The van der Waals surface area contributed by atoms with Crippen LogP contribution in [0.5, 0.6) is 0 Å². The summed E-state index contributed by atoms with van der Waals surface area (Å²) < 4.78 is 3.17. The summed E-state index contributed by atoms with van der Waals surface area (Å²) in [6.45, 7) is 16.3. The number of benzene rings is 1. The third kappa shape index (κ3) is 3.14. The molecular weight excluding hydrogens is 328 g/mol. The molecule has 0 saturated heterocycles. The molecule has 0 aliphatic heterocycles. The molecule has 0 radical (unpaired) electrons. The van der Waals surface area contributed by atoms with Crippen LogP contribution in [0.4, 0.5) is 0 Å². The van der Waals surface area contributed by atoms with Gasteiger partial charge in [0.15, 0.2) is 0 Å². The minimum atomic E-state index is -0.555. The number of hydrogen-bond acceptors (Lipinski definition) is 1. The lowest BCUT2D eigenvalue weighted by Crippen LogP contribution is -2.23. The molecule has 0 amide bonds. The minimum Gasteiger partial charge on any atom is -0.396 e. The van der Waals surface area contributed by atoms with Crippen molar-refractivity contribution in [2.24, 2.45) is 5.41 Å². The lowest BCUT2D eigenvalue weighted by atomic mass is 9.95. The molecule has 0 spiro atoms. The molecule has 1 heterocycles. The van der Waals surface area contributed by atoms with Crippen molar-refractivity contribution in [1.82, 2.24) is 4.57 Å². The zero-order chi connectivity index (χ0) is 15.8.